The quantitative estimate of drug-likeness (QED) is 0.814. The predicted molar refractivity (Wildman–Crippen MR) is 99.5 cm³/mol. The van der Waals surface area contributed by atoms with Gasteiger partial charge in [-0.05, 0) is 50.6 Å². The Morgan fingerprint density at radius 1 is 1.13 bits per heavy atom. The summed E-state index contributed by atoms with van der Waals surface area (Å²) < 4.78 is 0. The van der Waals surface area contributed by atoms with Gasteiger partial charge < -0.3 is 10.6 Å². The molecule has 0 spiro atoms. The van der Waals surface area contributed by atoms with Crippen molar-refractivity contribution in [3.8, 4) is 0 Å². The molecule has 2 atom stereocenters. The second-order valence-electron chi connectivity index (χ2n) is 7.41. The normalized spacial score (nSPS) is 24.7. The second kappa shape index (κ2) is 8.65. The maximum Gasteiger partial charge on any atom is 0.0252 e. The van der Waals surface area contributed by atoms with Crippen molar-refractivity contribution in [3.63, 3.8) is 0 Å². The highest BCUT2D eigenvalue weighted by atomic mass is 15.0. The molecule has 2 aliphatic rings. The molecule has 1 unspecified atom stereocenters. The summed E-state index contributed by atoms with van der Waals surface area (Å²) >= 11 is 0. The van der Waals surface area contributed by atoms with Crippen LogP contribution in [0, 0.1) is 5.92 Å². The largest absolute Gasteiger partial charge is 0.312 e. The maximum absolute atomic E-state index is 3.92. The average molecular weight is 313 g/mol. The van der Waals surface area contributed by atoms with Crippen LogP contribution in [0.3, 0.4) is 0 Å². The van der Waals surface area contributed by atoms with Gasteiger partial charge in [0.2, 0.25) is 0 Å². The Kier molecular flexibility index (Phi) is 6.29. The van der Waals surface area contributed by atoms with Crippen molar-refractivity contribution in [3.05, 3.63) is 41.5 Å². The summed E-state index contributed by atoms with van der Waals surface area (Å²) in [6.45, 7) is 4.46. The van der Waals surface area contributed by atoms with Gasteiger partial charge in [0.15, 0.2) is 0 Å². The Balaban J connectivity index is 1.60. The van der Waals surface area contributed by atoms with Crippen LogP contribution in [-0.4, -0.2) is 25.2 Å². The van der Waals surface area contributed by atoms with Gasteiger partial charge in [-0.3, -0.25) is 0 Å². The number of hydrogen-bond donors (Lipinski definition) is 2. The van der Waals surface area contributed by atoms with Gasteiger partial charge in [-0.2, -0.15) is 0 Å². The highest BCUT2D eigenvalue weighted by Crippen LogP contribution is 2.29. The number of rotatable bonds is 6. The second-order valence-corrected chi connectivity index (χ2v) is 7.41. The van der Waals surface area contributed by atoms with E-state index in [-0.39, 0.29) is 0 Å². The standard InChI is InChI=1S/C21H32N2/c1-17(15-18-9-4-2-5-10-18)16-23-21(20-13-8-14-22-20)19-11-6-3-7-12-19/h2,4-5,9-10,15,19-23H,3,6-8,11-14,16H2,1H3/t20?,21-/m0/s1. The predicted octanol–water partition coefficient (Wildman–Crippen LogP) is 4.38. The van der Waals surface area contributed by atoms with E-state index in [0.717, 1.165) is 12.5 Å². The van der Waals surface area contributed by atoms with Crippen LogP contribution in [0.1, 0.15) is 57.4 Å². The van der Waals surface area contributed by atoms with E-state index in [0.29, 0.717) is 12.1 Å². The Hall–Kier alpha value is -1.12. The fraction of sp³-hybridized carbons (Fsp3) is 0.619. The number of hydrogen-bond acceptors (Lipinski definition) is 2. The Morgan fingerprint density at radius 3 is 2.61 bits per heavy atom. The highest BCUT2D eigenvalue weighted by molar-refractivity contribution is 5.52. The first-order valence-electron chi connectivity index (χ1n) is 9.52. The molecule has 0 aromatic heterocycles. The summed E-state index contributed by atoms with van der Waals surface area (Å²) in [4.78, 5) is 0. The molecule has 1 saturated carbocycles. The summed E-state index contributed by atoms with van der Waals surface area (Å²) in [5, 5.41) is 7.67. The lowest BCUT2D eigenvalue weighted by Gasteiger charge is -2.35. The van der Waals surface area contributed by atoms with Crippen molar-refractivity contribution in [1.82, 2.24) is 10.6 Å². The zero-order valence-electron chi connectivity index (χ0n) is 14.6. The van der Waals surface area contributed by atoms with Gasteiger partial charge in [0.1, 0.15) is 0 Å². The molecule has 0 amide bonds. The van der Waals surface area contributed by atoms with Gasteiger partial charge in [-0.15, -0.1) is 0 Å². The summed E-state index contributed by atoms with van der Waals surface area (Å²) in [5.41, 5.74) is 2.73. The van der Waals surface area contributed by atoms with Gasteiger partial charge in [-0.25, -0.2) is 0 Å². The molecular formula is C21H32N2. The van der Waals surface area contributed by atoms with Crippen LogP contribution in [0.15, 0.2) is 35.9 Å². The van der Waals surface area contributed by atoms with E-state index in [1.807, 2.05) is 0 Å². The van der Waals surface area contributed by atoms with Crippen LogP contribution < -0.4 is 10.6 Å². The van der Waals surface area contributed by atoms with E-state index in [2.05, 4.69) is 54.0 Å². The molecule has 126 valence electrons. The third-order valence-corrected chi connectivity index (χ3v) is 5.52. The van der Waals surface area contributed by atoms with Crippen molar-refractivity contribution in [2.24, 2.45) is 5.92 Å². The van der Waals surface area contributed by atoms with Gasteiger partial charge >= 0.3 is 0 Å². The molecule has 2 heteroatoms. The molecule has 2 nitrogen and oxygen atoms in total. The molecule has 1 aromatic carbocycles. The molecule has 2 fully saturated rings. The van der Waals surface area contributed by atoms with Crippen LogP contribution in [0.25, 0.3) is 6.08 Å². The molecule has 1 saturated heterocycles. The Bertz CT molecular complexity index is 482. The lowest BCUT2D eigenvalue weighted by atomic mass is 9.80. The van der Waals surface area contributed by atoms with Crippen LogP contribution >= 0.6 is 0 Å². The molecule has 0 radical (unpaired) electrons. The smallest absolute Gasteiger partial charge is 0.0252 e. The Labute approximate surface area is 141 Å². The van der Waals surface area contributed by atoms with Crippen LogP contribution in [0.5, 0.6) is 0 Å². The molecular weight excluding hydrogens is 280 g/mol. The molecule has 1 aliphatic carbocycles. The first-order valence-corrected chi connectivity index (χ1v) is 9.52. The molecule has 0 bridgehead atoms. The minimum Gasteiger partial charge on any atom is -0.312 e. The zero-order chi connectivity index (χ0) is 15.9. The average Bonchev–Trinajstić information content (AvgIpc) is 3.11. The Morgan fingerprint density at radius 2 is 1.91 bits per heavy atom. The maximum atomic E-state index is 3.92. The molecule has 1 aromatic rings. The summed E-state index contributed by atoms with van der Waals surface area (Å²) in [6.07, 6.45) is 12.1. The number of benzene rings is 1. The highest BCUT2D eigenvalue weighted by Gasteiger charge is 2.31. The number of nitrogens with one attached hydrogen (secondary N) is 2. The summed E-state index contributed by atoms with van der Waals surface area (Å²) in [6, 6.07) is 12.0. The topological polar surface area (TPSA) is 24.1 Å². The molecule has 1 heterocycles. The fourth-order valence-electron chi connectivity index (χ4n) is 4.31. The summed E-state index contributed by atoms with van der Waals surface area (Å²) in [7, 11) is 0. The van der Waals surface area contributed by atoms with E-state index in [4.69, 9.17) is 0 Å². The molecule has 1 aliphatic heterocycles. The van der Waals surface area contributed by atoms with E-state index >= 15 is 0 Å². The zero-order valence-corrected chi connectivity index (χ0v) is 14.6. The van der Waals surface area contributed by atoms with Crippen LogP contribution in [-0.2, 0) is 0 Å². The molecule has 3 rings (SSSR count). The van der Waals surface area contributed by atoms with Crippen molar-refractivity contribution >= 4 is 6.08 Å². The molecule has 23 heavy (non-hydrogen) atoms. The van der Waals surface area contributed by atoms with Gasteiger partial charge in [0.05, 0.1) is 0 Å². The minimum absolute atomic E-state index is 0.650. The first kappa shape index (κ1) is 16.7. The van der Waals surface area contributed by atoms with Crippen molar-refractivity contribution in [2.75, 3.05) is 13.1 Å². The van der Waals surface area contributed by atoms with Gasteiger partial charge in [-0.1, -0.05) is 61.2 Å². The minimum atomic E-state index is 0.650. The van der Waals surface area contributed by atoms with E-state index in [1.165, 1.54) is 62.6 Å². The van der Waals surface area contributed by atoms with Crippen molar-refractivity contribution in [1.29, 1.82) is 0 Å². The fourth-order valence-corrected chi connectivity index (χ4v) is 4.31. The summed E-state index contributed by atoms with van der Waals surface area (Å²) in [5.74, 6) is 0.865. The van der Waals surface area contributed by atoms with E-state index in [9.17, 15) is 0 Å². The third kappa shape index (κ3) is 4.92. The third-order valence-electron chi connectivity index (χ3n) is 5.52. The SMILES string of the molecule is CC(=Cc1ccccc1)CN[C@@H](C1CCCCC1)C1CCCN1. The van der Waals surface area contributed by atoms with Crippen molar-refractivity contribution < 1.29 is 0 Å². The lowest BCUT2D eigenvalue weighted by Crippen LogP contribution is -2.50. The van der Waals surface area contributed by atoms with E-state index in [1.54, 1.807) is 0 Å². The lowest BCUT2D eigenvalue weighted by molar-refractivity contribution is 0.234. The van der Waals surface area contributed by atoms with Gasteiger partial charge in [0, 0.05) is 18.6 Å². The van der Waals surface area contributed by atoms with Crippen molar-refractivity contribution in [2.45, 2.75) is 64.0 Å². The molecule has 2 N–H and O–H groups in total. The van der Waals surface area contributed by atoms with Gasteiger partial charge in [0.25, 0.3) is 0 Å². The van der Waals surface area contributed by atoms with E-state index < -0.39 is 0 Å². The van der Waals surface area contributed by atoms with Crippen LogP contribution in [0.2, 0.25) is 0 Å². The monoisotopic (exact) mass is 312 g/mol. The first-order chi connectivity index (χ1) is 11.3. The van der Waals surface area contributed by atoms with Crippen LogP contribution in [0.4, 0.5) is 0 Å².